The van der Waals surface area contributed by atoms with Gasteiger partial charge in [0.1, 0.15) is 11.3 Å². The molecule has 0 unspecified atom stereocenters. The number of fused-ring (bicyclic) bond motifs is 1. The van der Waals surface area contributed by atoms with E-state index in [1.165, 1.54) is 12.0 Å². The molecule has 2 heterocycles. The number of alkyl halides is 3. The number of likely N-dealkylation sites (tertiary alicyclic amines) is 1. The molecule has 2 N–H and O–H groups in total. The topological polar surface area (TPSA) is 143 Å². The molecule has 3 aromatic rings. The number of hydrogen-bond donors (Lipinski definition) is 2. The Kier molecular flexibility index (Phi) is 11.8. The van der Waals surface area contributed by atoms with Crippen molar-refractivity contribution in [3.8, 4) is 5.75 Å². The van der Waals surface area contributed by atoms with E-state index in [1.54, 1.807) is 17.0 Å². The number of para-hydroxylation sites is 1. The van der Waals surface area contributed by atoms with E-state index >= 15 is 0 Å². The van der Waals surface area contributed by atoms with Gasteiger partial charge in [0.25, 0.3) is 5.91 Å². The van der Waals surface area contributed by atoms with Crippen molar-refractivity contribution in [2.75, 3.05) is 26.8 Å². The van der Waals surface area contributed by atoms with Crippen LogP contribution in [0.2, 0.25) is 0 Å². The van der Waals surface area contributed by atoms with Gasteiger partial charge in [0, 0.05) is 25.6 Å². The van der Waals surface area contributed by atoms with Gasteiger partial charge in [0.15, 0.2) is 6.61 Å². The summed E-state index contributed by atoms with van der Waals surface area (Å²) in [6.07, 6.45) is -4.94. The average molecular weight is 684 g/mol. The molecule has 49 heavy (non-hydrogen) atoms. The Bertz CT molecular complexity index is 1630. The molecular weight excluding hydrogens is 647 g/mol. The number of imide groups is 1. The Morgan fingerprint density at radius 3 is 1.94 bits per heavy atom. The van der Waals surface area contributed by atoms with Crippen molar-refractivity contribution in [3.63, 3.8) is 0 Å². The van der Waals surface area contributed by atoms with Crippen molar-refractivity contribution in [3.05, 3.63) is 102 Å². The number of esters is 1. The molecule has 2 fully saturated rings. The van der Waals surface area contributed by atoms with Gasteiger partial charge >= 0.3 is 18.1 Å². The number of amides is 3. The van der Waals surface area contributed by atoms with Crippen LogP contribution in [0.15, 0.2) is 91.0 Å². The molecule has 260 valence electrons. The van der Waals surface area contributed by atoms with E-state index in [0.29, 0.717) is 12.3 Å². The van der Waals surface area contributed by atoms with Crippen molar-refractivity contribution in [1.29, 1.82) is 0 Å². The lowest BCUT2D eigenvalue weighted by Crippen LogP contribution is -2.60. The van der Waals surface area contributed by atoms with Crippen LogP contribution in [-0.2, 0) is 41.7 Å². The summed E-state index contributed by atoms with van der Waals surface area (Å²) in [5, 5.41) is 10.5. The van der Waals surface area contributed by atoms with Gasteiger partial charge in [-0.1, -0.05) is 78.9 Å². The quantitative estimate of drug-likeness (QED) is 0.230. The van der Waals surface area contributed by atoms with Crippen LogP contribution >= 0.6 is 0 Å². The zero-order valence-corrected chi connectivity index (χ0v) is 26.8. The fraction of sp³-hybridized carbons (Fsp3) is 0.343. The monoisotopic (exact) mass is 683 g/mol. The molecule has 2 saturated heterocycles. The molecule has 5 rings (SSSR count). The van der Waals surface area contributed by atoms with E-state index in [2.05, 4.69) is 5.32 Å². The number of hydrogen-bond acceptors (Lipinski definition) is 8. The zero-order valence-electron chi connectivity index (χ0n) is 26.8. The molecule has 0 radical (unpaired) electrons. The summed E-state index contributed by atoms with van der Waals surface area (Å²) in [6, 6.07) is 27.0. The SMILES string of the molecule is CCN(C[C@H]1N[C@@](Cc2ccccc2)(C(=O)OC)[C@H]2C(=O)N(Cc3ccccc3)C(=O)[C@@H]12)C(=O)COc1ccccc1.O=C(O)C(F)(F)F. The normalized spacial score (nSPS) is 21.3. The first kappa shape index (κ1) is 36.6. The maximum absolute atomic E-state index is 14.1. The Hall–Kier alpha value is -5.24. The number of rotatable bonds is 11. The van der Waals surface area contributed by atoms with Gasteiger partial charge in [-0.25, -0.2) is 4.79 Å². The summed E-state index contributed by atoms with van der Waals surface area (Å²) in [5.74, 6) is -5.72. The third kappa shape index (κ3) is 8.44. The fourth-order valence-corrected chi connectivity index (χ4v) is 6.18. The predicted octanol–water partition coefficient (Wildman–Crippen LogP) is 3.47. The van der Waals surface area contributed by atoms with Crippen LogP contribution in [0.5, 0.6) is 5.75 Å². The van der Waals surface area contributed by atoms with Crippen LogP contribution in [0, 0.1) is 11.8 Å². The molecule has 0 saturated carbocycles. The van der Waals surface area contributed by atoms with Crippen molar-refractivity contribution >= 4 is 29.7 Å². The second-order valence-corrected chi connectivity index (χ2v) is 11.5. The molecule has 0 aliphatic carbocycles. The number of aliphatic carboxylic acids is 1. The van der Waals surface area contributed by atoms with E-state index in [-0.39, 0.29) is 37.9 Å². The van der Waals surface area contributed by atoms with Gasteiger partial charge in [-0.2, -0.15) is 13.2 Å². The van der Waals surface area contributed by atoms with Gasteiger partial charge in [-0.3, -0.25) is 29.4 Å². The number of methoxy groups -OCH3 is 1. The lowest BCUT2D eigenvalue weighted by Gasteiger charge is -2.33. The summed E-state index contributed by atoms with van der Waals surface area (Å²) in [5.41, 5.74) is 0.127. The standard InChI is InChI=1S/C33H35N3O6.C2HF3O2/c1-3-35(27(37)22-42-25-17-11-6-12-18-25)21-26-28-29(31(39)36(30(28)38)20-24-15-9-5-10-16-24)33(34-26,32(40)41-2)19-23-13-7-4-8-14-23;3-2(4,5)1(6)7/h4-18,26,28-29,34H,3,19-22H2,1-2H3;(H,6,7)/t26-,28+,29-,33-;/m1./s1. The van der Waals surface area contributed by atoms with Gasteiger partial charge in [-0.05, 0) is 30.2 Å². The van der Waals surface area contributed by atoms with Crippen molar-refractivity contribution in [2.24, 2.45) is 11.8 Å². The van der Waals surface area contributed by atoms with Crippen molar-refractivity contribution in [1.82, 2.24) is 15.1 Å². The Morgan fingerprint density at radius 2 is 1.43 bits per heavy atom. The minimum Gasteiger partial charge on any atom is -0.484 e. The highest BCUT2D eigenvalue weighted by molar-refractivity contribution is 6.09. The van der Waals surface area contributed by atoms with Gasteiger partial charge in [0.05, 0.1) is 25.5 Å². The predicted molar refractivity (Wildman–Crippen MR) is 169 cm³/mol. The third-order valence-corrected chi connectivity index (χ3v) is 8.41. The molecule has 0 spiro atoms. The summed E-state index contributed by atoms with van der Waals surface area (Å²) in [4.78, 5) is 66.7. The molecule has 2 aliphatic heterocycles. The van der Waals surface area contributed by atoms with E-state index < -0.39 is 47.4 Å². The number of likely N-dealkylation sites (N-methyl/N-ethyl adjacent to an activating group) is 1. The number of carbonyl (C=O) groups excluding carboxylic acids is 4. The van der Waals surface area contributed by atoms with E-state index in [9.17, 15) is 32.3 Å². The molecule has 2 aliphatic rings. The molecule has 14 heteroatoms. The number of nitrogens with zero attached hydrogens (tertiary/aromatic N) is 2. The van der Waals surface area contributed by atoms with Gasteiger partial charge < -0.3 is 19.5 Å². The molecule has 0 aromatic heterocycles. The highest BCUT2D eigenvalue weighted by Gasteiger charge is 2.68. The number of halogens is 3. The lowest BCUT2D eigenvalue weighted by atomic mass is 9.76. The molecular formula is C35H36F3N3O8. The highest BCUT2D eigenvalue weighted by Crippen LogP contribution is 2.45. The van der Waals surface area contributed by atoms with Crippen LogP contribution < -0.4 is 10.1 Å². The van der Waals surface area contributed by atoms with E-state index in [4.69, 9.17) is 19.4 Å². The minimum atomic E-state index is -5.08. The number of carboxylic acids is 1. The molecule has 3 aromatic carbocycles. The van der Waals surface area contributed by atoms with Gasteiger partial charge in [-0.15, -0.1) is 0 Å². The molecule has 11 nitrogen and oxygen atoms in total. The van der Waals surface area contributed by atoms with Crippen LogP contribution in [-0.4, -0.2) is 89.1 Å². The molecule has 4 atom stereocenters. The minimum absolute atomic E-state index is 0.0994. The first-order valence-corrected chi connectivity index (χ1v) is 15.4. The molecule has 3 amide bonds. The summed E-state index contributed by atoms with van der Waals surface area (Å²) in [6.45, 7) is 2.22. The largest absolute Gasteiger partial charge is 0.490 e. The summed E-state index contributed by atoms with van der Waals surface area (Å²) < 4.78 is 42.7. The maximum atomic E-state index is 14.1. The average Bonchev–Trinajstić information content (AvgIpc) is 3.55. The van der Waals surface area contributed by atoms with Crippen LogP contribution in [0.3, 0.4) is 0 Å². The first-order valence-electron chi connectivity index (χ1n) is 15.4. The first-order chi connectivity index (χ1) is 23.3. The van der Waals surface area contributed by atoms with Crippen LogP contribution in [0.25, 0.3) is 0 Å². The Balaban J connectivity index is 0.000000698. The van der Waals surface area contributed by atoms with E-state index in [1.807, 2.05) is 85.8 Å². The van der Waals surface area contributed by atoms with Crippen LogP contribution in [0.4, 0.5) is 13.2 Å². The van der Waals surface area contributed by atoms with Crippen molar-refractivity contribution < 1.29 is 51.7 Å². The fourth-order valence-electron chi connectivity index (χ4n) is 6.18. The Morgan fingerprint density at radius 1 is 0.898 bits per heavy atom. The number of nitrogens with one attached hydrogen (secondary N) is 1. The Labute approximate surface area is 280 Å². The second-order valence-electron chi connectivity index (χ2n) is 11.5. The third-order valence-electron chi connectivity index (χ3n) is 8.41. The second kappa shape index (κ2) is 15.8. The summed E-state index contributed by atoms with van der Waals surface area (Å²) >= 11 is 0. The number of benzene rings is 3. The van der Waals surface area contributed by atoms with Gasteiger partial charge in [0.2, 0.25) is 11.8 Å². The number of ether oxygens (including phenoxy) is 2. The summed E-state index contributed by atoms with van der Waals surface area (Å²) in [7, 11) is 1.28. The number of carboxylic acid groups (broad SMARTS) is 1. The highest BCUT2D eigenvalue weighted by atomic mass is 19.4. The lowest BCUT2D eigenvalue weighted by molar-refractivity contribution is -0.192. The number of carbonyl (C=O) groups is 5. The van der Waals surface area contributed by atoms with Crippen molar-refractivity contribution in [2.45, 2.75) is 37.6 Å². The zero-order chi connectivity index (χ0) is 35.8. The van der Waals surface area contributed by atoms with Crippen LogP contribution in [0.1, 0.15) is 18.1 Å². The van der Waals surface area contributed by atoms with E-state index in [0.717, 1.165) is 11.1 Å². The maximum Gasteiger partial charge on any atom is 0.490 e. The smallest absolute Gasteiger partial charge is 0.484 e. The molecule has 0 bridgehead atoms.